The van der Waals surface area contributed by atoms with Gasteiger partial charge in [-0.25, -0.2) is 0 Å². The number of alkyl halides is 6. The van der Waals surface area contributed by atoms with Crippen LogP contribution >= 0.6 is 0 Å². The van der Waals surface area contributed by atoms with Gasteiger partial charge < -0.3 is 13.3 Å². The zero-order valence-electron chi connectivity index (χ0n) is 16.9. The average molecular weight is 447 g/mol. The zero-order valence-corrected chi connectivity index (χ0v) is 17.9. The second-order valence-electron chi connectivity index (χ2n) is 6.64. The summed E-state index contributed by atoms with van der Waals surface area (Å²) in [6.07, 6.45) is -7.78. The molecule has 0 heterocycles. The summed E-state index contributed by atoms with van der Waals surface area (Å²) in [6, 6.07) is 1.72. The molecule has 0 N–H and O–H groups in total. The zero-order chi connectivity index (χ0) is 22.1. The largest absolute Gasteiger partial charge is 0.501 e. The molecular formula is C19H28F6O3Si. The molecule has 0 radical (unpaired) electrons. The highest BCUT2D eigenvalue weighted by molar-refractivity contribution is 6.60. The van der Waals surface area contributed by atoms with Crippen LogP contribution in [-0.4, -0.2) is 28.6 Å². The fourth-order valence-electron chi connectivity index (χ4n) is 2.58. The van der Waals surface area contributed by atoms with E-state index >= 15 is 0 Å². The van der Waals surface area contributed by atoms with Crippen LogP contribution in [0.2, 0.25) is 6.04 Å². The van der Waals surface area contributed by atoms with Gasteiger partial charge in [0.1, 0.15) is 0 Å². The van der Waals surface area contributed by atoms with Gasteiger partial charge in [-0.3, -0.25) is 0 Å². The molecule has 0 atom stereocenters. The third-order valence-corrected chi connectivity index (χ3v) is 6.74. The van der Waals surface area contributed by atoms with E-state index in [0.717, 1.165) is 12.1 Å². The summed E-state index contributed by atoms with van der Waals surface area (Å²) in [5, 5.41) is 0. The highest BCUT2D eigenvalue weighted by Gasteiger charge is 2.41. The summed E-state index contributed by atoms with van der Waals surface area (Å²) in [6.45, 7) is 6.70. The van der Waals surface area contributed by atoms with Gasteiger partial charge in [0, 0.05) is 25.9 Å². The van der Waals surface area contributed by atoms with Crippen LogP contribution < -0.4 is 0 Å². The standard InChI is InChI=1S/C19H28F6O3Si/c1-4-8-26-29(27-9-5-2,28-10-6-3)11-7-15-12-16(18(20,21)22)14-17(13-15)19(23,24)25/h12-14H,4-11H2,1-3H3. The Labute approximate surface area is 168 Å². The van der Waals surface area contributed by atoms with E-state index in [0.29, 0.717) is 39.1 Å². The first kappa shape index (κ1) is 25.9. The van der Waals surface area contributed by atoms with Gasteiger partial charge in [0.2, 0.25) is 0 Å². The Morgan fingerprint density at radius 2 is 1.07 bits per heavy atom. The number of aryl methyl sites for hydroxylation is 1. The molecule has 3 nitrogen and oxygen atoms in total. The Morgan fingerprint density at radius 3 is 1.38 bits per heavy atom. The van der Waals surface area contributed by atoms with Crippen LogP contribution in [0.25, 0.3) is 0 Å². The van der Waals surface area contributed by atoms with Crippen molar-refractivity contribution in [1.82, 2.24) is 0 Å². The molecule has 0 aliphatic heterocycles. The lowest BCUT2D eigenvalue weighted by molar-refractivity contribution is -0.143. The van der Waals surface area contributed by atoms with Crippen molar-refractivity contribution < 1.29 is 39.6 Å². The quantitative estimate of drug-likeness (QED) is 0.271. The summed E-state index contributed by atoms with van der Waals surface area (Å²) in [4.78, 5) is 0. The molecule has 0 aliphatic carbocycles. The van der Waals surface area contributed by atoms with Gasteiger partial charge >= 0.3 is 21.2 Å². The molecule has 0 amide bonds. The molecular weight excluding hydrogens is 418 g/mol. The highest BCUT2D eigenvalue weighted by Crippen LogP contribution is 2.37. The SMILES string of the molecule is CCCO[Si](CCc1cc(C(F)(F)F)cc(C(F)(F)F)c1)(OCCC)OCCC. The first-order valence-electron chi connectivity index (χ1n) is 9.67. The van der Waals surface area contributed by atoms with Gasteiger partial charge in [-0.2, -0.15) is 26.3 Å². The fraction of sp³-hybridized carbons (Fsp3) is 0.684. The molecule has 0 bridgehead atoms. The maximum Gasteiger partial charge on any atom is 0.501 e. The van der Waals surface area contributed by atoms with E-state index in [1.807, 2.05) is 20.8 Å². The van der Waals surface area contributed by atoms with E-state index in [1.54, 1.807) is 0 Å². The van der Waals surface area contributed by atoms with Crippen molar-refractivity contribution in [3.8, 4) is 0 Å². The van der Waals surface area contributed by atoms with E-state index in [2.05, 4.69) is 0 Å². The molecule has 10 heteroatoms. The number of hydrogen-bond acceptors (Lipinski definition) is 3. The Bertz CT molecular complexity index is 565. The lowest BCUT2D eigenvalue weighted by Gasteiger charge is -2.30. The minimum atomic E-state index is -4.87. The van der Waals surface area contributed by atoms with Crippen LogP contribution in [0.3, 0.4) is 0 Å². The normalized spacial score (nSPS) is 13.1. The molecule has 1 rings (SSSR count). The summed E-state index contributed by atoms with van der Waals surface area (Å²) >= 11 is 0. The highest BCUT2D eigenvalue weighted by atomic mass is 28.4. The minimum Gasteiger partial charge on any atom is -0.373 e. The topological polar surface area (TPSA) is 27.7 Å². The molecule has 1 aromatic carbocycles. The Kier molecular flexibility index (Phi) is 10.1. The Morgan fingerprint density at radius 1 is 0.690 bits per heavy atom. The third kappa shape index (κ3) is 8.65. The van der Waals surface area contributed by atoms with Crippen LogP contribution in [0.4, 0.5) is 26.3 Å². The van der Waals surface area contributed by atoms with Gasteiger partial charge in [-0.05, 0) is 49.4 Å². The van der Waals surface area contributed by atoms with Crippen molar-refractivity contribution in [1.29, 1.82) is 0 Å². The average Bonchev–Trinajstić information content (AvgIpc) is 2.65. The van der Waals surface area contributed by atoms with Crippen molar-refractivity contribution in [2.75, 3.05) is 19.8 Å². The summed E-state index contributed by atoms with van der Waals surface area (Å²) in [5.74, 6) is 0. The Balaban J connectivity index is 3.18. The number of benzene rings is 1. The van der Waals surface area contributed by atoms with Gasteiger partial charge in [-0.1, -0.05) is 20.8 Å². The molecule has 0 saturated heterocycles. The lowest BCUT2D eigenvalue weighted by atomic mass is 10.0. The van der Waals surface area contributed by atoms with E-state index in [9.17, 15) is 26.3 Å². The molecule has 0 spiro atoms. The van der Waals surface area contributed by atoms with Crippen LogP contribution in [0, 0.1) is 0 Å². The van der Waals surface area contributed by atoms with E-state index in [4.69, 9.17) is 13.3 Å². The van der Waals surface area contributed by atoms with Crippen molar-refractivity contribution >= 4 is 8.80 Å². The van der Waals surface area contributed by atoms with Gasteiger partial charge in [-0.15, -0.1) is 0 Å². The molecule has 168 valence electrons. The predicted octanol–water partition coefficient (Wildman–Crippen LogP) is 6.49. The van der Waals surface area contributed by atoms with E-state index < -0.39 is 32.3 Å². The molecule has 0 fully saturated rings. The van der Waals surface area contributed by atoms with Crippen LogP contribution in [-0.2, 0) is 32.1 Å². The molecule has 0 aromatic heterocycles. The van der Waals surface area contributed by atoms with Crippen molar-refractivity contribution in [3.63, 3.8) is 0 Å². The predicted molar refractivity (Wildman–Crippen MR) is 99.4 cm³/mol. The van der Waals surface area contributed by atoms with Crippen molar-refractivity contribution in [3.05, 3.63) is 34.9 Å². The van der Waals surface area contributed by atoms with E-state index in [-0.39, 0.29) is 24.1 Å². The number of hydrogen-bond donors (Lipinski definition) is 0. The van der Waals surface area contributed by atoms with Crippen molar-refractivity contribution in [2.45, 2.75) is 64.9 Å². The molecule has 1 aromatic rings. The summed E-state index contributed by atoms with van der Waals surface area (Å²) in [7, 11) is -3.23. The smallest absolute Gasteiger partial charge is 0.373 e. The second kappa shape index (κ2) is 11.3. The number of rotatable bonds is 12. The van der Waals surface area contributed by atoms with Crippen LogP contribution in [0.15, 0.2) is 18.2 Å². The van der Waals surface area contributed by atoms with E-state index in [1.165, 1.54) is 0 Å². The van der Waals surface area contributed by atoms with Crippen LogP contribution in [0.5, 0.6) is 0 Å². The van der Waals surface area contributed by atoms with Crippen LogP contribution in [0.1, 0.15) is 56.7 Å². The first-order chi connectivity index (χ1) is 13.5. The monoisotopic (exact) mass is 446 g/mol. The third-order valence-electron chi connectivity index (χ3n) is 3.95. The number of halogens is 6. The second-order valence-corrected chi connectivity index (χ2v) is 9.37. The Hall–Kier alpha value is -1.10. The summed E-state index contributed by atoms with van der Waals surface area (Å²) in [5.41, 5.74) is -2.73. The molecule has 0 saturated carbocycles. The van der Waals surface area contributed by atoms with Gasteiger partial charge in [0.05, 0.1) is 11.1 Å². The molecule has 0 aliphatic rings. The lowest BCUT2D eigenvalue weighted by Crippen LogP contribution is -2.47. The molecule has 0 unspecified atom stereocenters. The molecule has 29 heavy (non-hydrogen) atoms. The minimum absolute atomic E-state index is 0.0731. The van der Waals surface area contributed by atoms with Gasteiger partial charge in [0.25, 0.3) is 0 Å². The summed E-state index contributed by atoms with van der Waals surface area (Å²) < 4.78 is 96.0. The maximum absolute atomic E-state index is 13.1. The van der Waals surface area contributed by atoms with Gasteiger partial charge in [0.15, 0.2) is 0 Å². The fourth-order valence-corrected chi connectivity index (χ4v) is 5.40. The first-order valence-corrected chi connectivity index (χ1v) is 11.6. The maximum atomic E-state index is 13.1. The van der Waals surface area contributed by atoms with Crippen molar-refractivity contribution in [2.24, 2.45) is 0 Å².